The van der Waals surface area contributed by atoms with Crippen LogP contribution in [0.3, 0.4) is 0 Å². The molecule has 3 N–H and O–H groups in total. The second-order valence-corrected chi connectivity index (χ2v) is 8.42. The molecule has 6 nitrogen and oxygen atoms in total. The molecule has 33 heavy (non-hydrogen) atoms. The van der Waals surface area contributed by atoms with E-state index >= 15 is 0 Å². The summed E-state index contributed by atoms with van der Waals surface area (Å²) in [5.74, 6) is -0.260. The van der Waals surface area contributed by atoms with Gasteiger partial charge in [0.2, 0.25) is 0 Å². The standard InChI is InChI=1S/C26H21N5OS/c32-26(23-11-4-5-12-27-23)30-24-14-20(15-25-22(24)17-28-31-25)19-9-6-10-21(13-19)33-29-16-18-7-2-1-3-8-18/h1-15,17,29H,16H2,(H,28,31)(H,30,32). The molecule has 5 aromatic rings. The molecule has 162 valence electrons. The third-order valence-corrected chi connectivity index (χ3v) is 5.96. The molecule has 0 saturated carbocycles. The van der Waals surface area contributed by atoms with Crippen LogP contribution in [-0.4, -0.2) is 21.1 Å². The van der Waals surface area contributed by atoms with Gasteiger partial charge in [-0.05, 0) is 65.0 Å². The van der Waals surface area contributed by atoms with Crippen LogP contribution in [0.1, 0.15) is 16.1 Å². The van der Waals surface area contributed by atoms with Crippen molar-refractivity contribution in [1.29, 1.82) is 0 Å². The minimum atomic E-state index is -0.260. The number of nitrogens with one attached hydrogen (secondary N) is 3. The number of hydrogen-bond acceptors (Lipinski definition) is 5. The number of nitrogens with zero attached hydrogens (tertiary/aromatic N) is 2. The van der Waals surface area contributed by atoms with E-state index in [1.807, 2.05) is 36.4 Å². The molecule has 0 unspecified atom stereocenters. The number of amides is 1. The second kappa shape index (κ2) is 9.68. The first-order valence-electron chi connectivity index (χ1n) is 10.5. The first kappa shape index (κ1) is 20.9. The number of hydrogen-bond donors (Lipinski definition) is 3. The molecule has 0 aliphatic rings. The molecule has 0 bridgehead atoms. The van der Waals surface area contributed by atoms with Gasteiger partial charge in [0.05, 0.1) is 17.4 Å². The normalized spacial score (nSPS) is 10.9. The Morgan fingerprint density at radius 3 is 2.64 bits per heavy atom. The fourth-order valence-electron chi connectivity index (χ4n) is 3.54. The summed E-state index contributed by atoms with van der Waals surface area (Å²) in [7, 11) is 0. The Balaban J connectivity index is 1.38. The van der Waals surface area contributed by atoms with Gasteiger partial charge in [-0.2, -0.15) is 5.10 Å². The van der Waals surface area contributed by atoms with Gasteiger partial charge in [-0.3, -0.25) is 19.6 Å². The zero-order chi connectivity index (χ0) is 22.5. The summed E-state index contributed by atoms with van der Waals surface area (Å²) >= 11 is 1.59. The van der Waals surface area contributed by atoms with Gasteiger partial charge in [0.1, 0.15) is 5.69 Å². The number of carbonyl (C=O) groups is 1. The van der Waals surface area contributed by atoms with Crippen molar-refractivity contribution in [2.75, 3.05) is 5.32 Å². The van der Waals surface area contributed by atoms with Crippen LogP contribution in [0.2, 0.25) is 0 Å². The maximum atomic E-state index is 12.7. The van der Waals surface area contributed by atoms with E-state index in [4.69, 9.17) is 0 Å². The molecule has 2 heterocycles. The van der Waals surface area contributed by atoms with E-state index in [0.29, 0.717) is 11.4 Å². The van der Waals surface area contributed by atoms with Crippen LogP contribution in [0, 0.1) is 0 Å². The van der Waals surface area contributed by atoms with Gasteiger partial charge in [-0.25, -0.2) is 0 Å². The molecule has 0 atom stereocenters. The van der Waals surface area contributed by atoms with E-state index in [0.717, 1.165) is 33.5 Å². The van der Waals surface area contributed by atoms with Crippen LogP contribution in [0.15, 0.2) is 102 Å². The van der Waals surface area contributed by atoms with E-state index < -0.39 is 0 Å². The monoisotopic (exact) mass is 451 g/mol. The van der Waals surface area contributed by atoms with Crippen LogP contribution in [-0.2, 0) is 6.54 Å². The summed E-state index contributed by atoms with van der Waals surface area (Å²) in [6.45, 7) is 0.777. The quantitative estimate of drug-likeness (QED) is 0.278. The Kier molecular flexibility index (Phi) is 6.14. The Morgan fingerprint density at radius 1 is 0.909 bits per heavy atom. The van der Waals surface area contributed by atoms with E-state index in [1.54, 1.807) is 42.5 Å². The van der Waals surface area contributed by atoms with Crippen molar-refractivity contribution in [2.45, 2.75) is 11.4 Å². The minimum absolute atomic E-state index is 0.260. The second-order valence-electron chi connectivity index (χ2n) is 7.46. The lowest BCUT2D eigenvalue weighted by Gasteiger charge is -2.11. The molecule has 1 amide bonds. The largest absolute Gasteiger partial charge is 0.320 e. The lowest BCUT2D eigenvalue weighted by atomic mass is 10.0. The van der Waals surface area contributed by atoms with Gasteiger partial charge >= 0.3 is 0 Å². The summed E-state index contributed by atoms with van der Waals surface area (Å²) in [6, 6.07) is 27.9. The van der Waals surface area contributed by atoms with Crippen molar-refractivity contribution in [3.63, 3.8) is 0 Å². The zero-order valence-electron chi connectivity index (χ0n) is 17.7. The molecule has 0 saturated heterocycles. The van der Waals surface area contributed by atoms with Gasteiger partial charge < -0.3 is 5.32 Å². The molecule has 2 aromatic heterocycles. The number of rotatable bonds is 7. The van der Waals surface area contributed by atoms with Gasteiger partial charge in [0.25, 0.3) is 5.91 Å². The molecule has 0 aliphatic heterocycles. The van der Waals surface area contributed by atoms with E-state index in [-0.39, 0.29) is 5.91 Å². The van der Waals surface area contributed by atoms with Crippen molar-refractivity contribution >= 4 is 34.4 Å². The van der Waals surface area contributed by atoms with Crippen molar-refractivity contribution in [3.8, 4) is 11.1 Å². The van der Waals surface area contributed by atoms with Crippen molar-refractivity contribution in [1.82, 2.24) is 19.9 Å². The molecule has 5 rings (SSSR count). The molecule has 0 aliphatic carbocycles. The van der Waals surface area contributed by atoms with Crippen LogP contribution >= 0.6 is 11.9 Å². The van der Waals surface area contributed by atoms with Crippen LogP contribution in [0.5, 0.6) is 0 Å². The van der Waals surface area contributed by atoms with Gasteiger partial charge in [-0.1, -0.05) is 48.5 Å². The number of H-pyrrole nitrogens is 1. The average Bonchev–Trinajstić information content (AvgIpc) is 3.35. The SMILES string of the molecule is O=C(Nc1cc(-c2cccc(SNCc3ccccc3)c2)cc2[nH]ncc12)c1ccccn1. The highest BCUT2D eigenvalue weighted by atomic mass is 32.2. The highest BCUT2D eigenvalue weighted by Crippen LogP contribution is 2.32. The molecule has 0 fully saturated rings. The number of aromatic nitrogens is 3. The fraction of sp³-hybridized carbons (Fsp3) is 0.0385. The first-order valence-corrected chi connectivity index (χ1v) is 11.3. The molecule has 3 aromatic carbocycles. The Hall–Kier alpha value is -3.94. The Morgan fingerprint density at radius 2 is 1.79 bits per heavy atom. The van der Waals surface area contributed by atoms with E-state index in [2.05, 4.69) is 55.6 Å². The van der Waals surface area contributed by atoms with Crippen LogP contribution in [0.4, 0.5) is 5.69 Å². The predicted molar refractivity (Wildman–Crippen MR) is 133 cm³/mol. The van der Waals surface area contributed by atoms with E-state index in [1.165, 1.54) is 5.56 Å². The maximum absolute atomic E-state index is 12.7. The number of carbonyl (C=O) groups excluding carboxylic acids is 1. The summed E-state index contributed by atoms with van der Waals surface area (Å²) in [5.41, 5.74) is 5.16. The Labute approximate surface area is 195 Å². The number of benzene rings is 3. The summed E-state index contributed by atoms with van der Waals surface area (Å²) in [6.07, 6.45) is 3.32. The van der Waals surface area contributed by atoms with E-state index in [9.17, 15) is 4.79 Å². The Bertz CT molecular complexity index is 1390. The fourth-order valence-corrected chi connectivity index (χ4v) is 4.28. The number of aromatic amines is 1. The highest BCUT2D eigenvalue weighted by Gasteiger charge is 2.13. The van der Waals surface area contributed by atoms with Crippen molar-refractivity contribution < 1.29 is 4.79 Å². The molecule has 0 spiro atoms. The predicted octanol–water partition coefficient (Wildman–Crippen LogP) is 5.67. The number of anilines is 1. The third kappa shape index (κ3) is 4.95. The van der Waals surface area contributed by atoms with Crippen molar-refractivity contribution in [3.05, 3.63) is 109 Å². The van der Waals surface area contributed by atoms with Crippen LogP contribution in [0.25, 0.3) is 22.0 Å². The maximum Gasteiger partial charge on any atom is 0.274 e. The first-order chi connectivity index (χ1) is 16.3. The van der Waals surface area contributed by atoms with Gasteiger partial charge in [0.15, 0.2) is 0 Å². The molecular formula is C26H21N5OS. The molecule has 0 radical (unpaired) electrons. The van der Waals surface area contributed by atoms with Crippen LogP contribution < -0.4 is 10.0 Å². The smallest absolute Gasteiger partial charge is 0.274 e. The molecular weight excluding hydrogens is 430 g/mol. The molecule has 7 heteroatoms. The number of fused-ring (bicyclic) bond motifs is 1. The number of pyridine rings is 1. The van der Waals surface area contributed by atoms with Gasteiger partial charge in [-0.15, -0.1) is 0 Å². The van der Waals surface area contributed by atoms with Gasteiger partial charge in [0, 0.05) is 23.0 Å². The summed E-state index contributed by atoms with van der Waals surface area (Å²) in [4.78, 5) is 17.9. The zero-order valence-corrected chi connectivity index (χ0v) is 18.5. The summed E-state index contributed by atoms with van der Waals surface area (Å²) < 4.78 is 3.41. The minimum Gasteiger partial charge on any atom is -0.320 e. The topological polar surface area (TPSA) is 82.7 Å². The third-order valence-electron chi connectivity index (χ3n) is 5.18. The lowest BCUT2D eigenvalue weighted by Crippen LogP contribution is -2.13. The lowest BCUT2D eigenvalue weighted by molar-refractivity contribution is 0.102. The summed E-state index contributed by atoms with van der Waals surface area (Å²) in [5, 5.41) is 11.0. The highest BCUT2D eigenvalue weighted by molar-refractivity contribution is 7.97. The van der Waals surface area contributed by atoms with Crippen molar-refractivity contribution in [2.24, 2.45) is 0 Å². The average molecular weight is 452 g/mol.